The van der Waals surface area contributed by atoms with E-state index in [2.05, 4.69) is 5.32 Å². The number of halogens is 4. The molecule has 0 radical (unpaired) electrons. The van der Waals surface area contributed by atoms with Crippen LogP contribution in [-0.4, -0.2) is 32.7 Å². The van der Waals surface area contributed by atoms with Crippen molar-refractivity contribution in [2.75, 3.05) is 32.1 Å². The molecule has 2 N–H and O–H groups in total. The second-order valence-electron chi connectivity index (χ2n) is 3.56. The molecule has 0 aromatic heterocycles. The number of carbonyl (C=O) groups is 1. The van der Waals surface area contributed by atoms with E-state index in [1.54, 1.807) is 5.32 Å². The largest absolute Gasteiger partial charge is 0.383 e. The van der Waals surface area contributed by atoms with Crippen molar-refractivity contribution < 1.29 is 27.1 Å². The third-order valence-corrected chi connectivity index (χ3v) is 2.14. The van der Waals surface area contributed by atoms with Crippen LogP contribution in [0, 0.1) is 23.3 Å². The Morgan fingerprint density at radius 2 is 1.79 bits per heavy atom. The van der Waals surface area contributed by atoms with Crippen LogP contribution in [0.25, 0.3) is 0 Å². The first-order valence-corrected chi connectivity index (χ1v) is 5.29. The zero-order valence-electron chi connectivity index (χ0n) is 10.0. The van der Waals surface area contributed by atoms with Crippen molar-refractivity contribution in [1.82, 2.24) is 5.32 Å². The van der Waals surface area contributed by atoms with Gasteiger partial charge in [0.05, 0.1) is 13.2 Å². The minimum absolute atomic E-state index is 0.0666. The summed E-state index contributed by atoms with van der Waals surface area (Å²) in [4.78, 5) is 11.3. The lowest BCUT2D eigenvalue weighted by Gasteiger charge is -2.09. The summed E-state index contributed by atoms with van der Waals surface area (Å²) in [6.45, 7) is 0.400. The Morgan fingerprint density at radius 1 is 1.21 bits per heavy atom. The van der Waals surface area contributed by atoms with Crippen LogP contribution in [0.3, 0.4) is 0 Å². The molecule has 0 heterocycles. The molecule has 19 heavy (non-hydrogen) atoms. The topological polar surface area (TPSA) is 50.4 Å². The number of amides is 1. The summed E-state index contributed by atoms with van der Waals surface area (Å²) in [5.74, 6) is -7.30. The fourth-order valence-corrected chi connectivity index (χ4v) is 1.24. The van der Waals surface area contributed by atoms with Crippen molar-refractivity contribution in [1.29, 1.82) is 0 Å². The van der Waals surface area contributed by atoms with Gasteiger partial charge in [-0.25, -0.2) is 17.6 Å². The first-order valence-electron chi connectivity index (χ1n) is 5.29. The lowest BCUT2D eigenvalue weighted by Crippen LogP contribution is -2.31. The lowest BCUT2D eigenvalue weighted by atomic mass is 10.2. The van der Waals surface area contributed by atoms with Gasteiger partial charge >= 0.3 is 0 Å². The van der Waals surface area contributed by atoms with Crippen LogP contribution >= 0.6 is 0 Å². The molecule has 0 saturated carbocycles. The Kier molecular flexibility index (Phi) is 5.71. The molecule has 0 aliphatic carbocycles. The molecule has 0 aliphatic rings. The minimum atomic E-state index is -1.65. The fourth-order valence-electron chi connectivity index (χ4n) is 1.24. The van der Waals surface area contributed by atoms with Crippen molar-refractivity contribution in [2.45, 2.75) is 0 Å². The summed E-state index contributed by atoms with van der Waals surface area (Å²) in [6, 6.07) is 0.0666. The quantitative estimate of drug-likeness (QED) is 0.471. The molecule has 0 fully saturated rings. The number of ether oxygens (including phenoxy) is 1. The SMILES string of the molecule is COCCNCC(=O)Nc1c(F)c(F)cc(F)c1F. The van der Waals surface area contributed by atoms with E-state index >= 15 is 0 Å². The van der Waals surface area contributed by atoms with E-state index in [-0.39, 0.29) is 12.6 Å². The van der Waals surface area contributed by atoms with Gasteiger partial charge in [0.15, 0.2) is 23.3 Å². The van der Waals surface area contributed by atoms with E-state index in [0.29, 0.717) is 13.2 Å². The molecular formula is C11H12F4N2O2. The zero-order chi connectivity index (χ0) is 14.4. The van der Waals surface area contributed by atoms with Gasteiger partial charge in [-0.2, -0.15) is 0 Å². The van der Waals surface area contributed by atoms with E-state index in [1.807, 2.05) is 0 Å². The molecule has 1 rings (SSSR count). The highest BCUT2D eigenvalue weighted by Gasteiger charge is 2.20. The van der Waals surface area contributed by atoms with Gasteiger partial charge in [-0.05, 0) is 0 Å². The summed E-state index contributed by atoms with van der Waals surface area (Å²) < 4.78 is 56.8. The first kappa shape index (κ1) is 15.4. The van der Waals surface area contributed by atoms with Crippen LogP contribution in [-0.2, 0) is 9.53 Å². The maximum absolute atomic E-state index is 13.2. The highest BCUT2D eigenvalue weighted by Crippen LogP contribution is 2.23. The fraction of sp³-hybridized carbons (Fsp3) is 0.364. The molecule has 1 amide bonds. The molecule has 1 aromatic rings. The number of rotatable bonds is 6. The average molecular weight is 280 g/mol. The predicted octanol–water partition coefficient (Wildman–Crippen LogP) is 1.42. The van der Waals surface area contributed by atoms with Gasteiger partial charge in [-0.3, -0.25) is 4.79 Å². The summed E-state index contributed by atoms with van der Waals surface area (Å²) >= 11 is 0. The molecule has 106 valence electrons. The predicted molar refractivity (Wildman–Crippen MR) is 59.6 cm³/mol. The highest BCUT2D eigenvalue weighted by molar-refractivity contribution is 5.92. The lowest BCUT2D eigenvalue weighted by molar-refractivity contribution is -0.115. The van der Waals surface area contributed by atoms with Crippen LogP contribution in [0.2, 0.25) is 0 Å². The summed E-state index contributed by atoms with van der Waals surface area (Å²) in [7, 11) is 1.46. The molecule has 0 unspecified atom stereocenters. The first-order chi connectivity index (χ1) is 8.97. The van der Waals surface area contributed by atoms with E-state index in [9.17, 15) is 22.4 Å². The van der Waals surface area contributed by atoms with Crippen LogP contribution in [0.15, 0.2) is 6.07 Å². The van der Waals surface area contributed by atoms with Crippen LogP contribution in [0.5, 0.6) is 0 Å². The van der Waals surface area contributed by atoms with Crippen LogP contribution in [0.4, 0.5) is 23.2 Å². The van der Waals surface area contributed by atoms with Crippen molar-refractivity contribution in [3.63, 3.8) is 0 Å². The number of carbonyl (C=O) groups excluding carboxylic acids is 1. The molecule has 0 saturated heterocycles. The van der Waals surface area contributed by atoms with Gasteiger partial charge in [0.25, 0.3) is 0 Å². The number of hydrogen-bond acceptors (Lipinski definition) is 3. The average Bonchev–Trinajstić information content (AvgIpc) is 2.37. The van der Waals surface area contributed by atoms with Gasteiger partial charge in [0, 0.05) is 19.7 Å². The van der Waals surface area contributed by atoms with Crippen molar-refractivity contribution in [3.05, 3.63) is 29.3 Å². The zero-order valence-corrected chi connectivity index (χ0v) is 10.0. The molecule has 0 atom stereocenters. The Bertz CT molecular complexity index is 442. The van der Waals surface area contributed by atoms with E-state index < -0.39 is 34.9 Å². The molecule has 4 nitrogen and oxygen atoms in total. The maximum Gasteiger partial charge on any atom is 0.238 e. The number of benzene rings is 1. The minimum Gasteiger partial charge on any atom is -0.383 e. The number of nitrogens with one attached hydrogen (secondary N) is 2. The maximum atomic E-state index is 13.2. The Balaban J connectivity index is 2.69. The van der Waals surface area contributed by atoms with Gasteiger partial charge in [0.2, 0.25) is 5.91 Å². The van der Waals surface area contributed by atoms with E-state index in [1.165, 1.54) is 7.11 Å². The summed E-state index contributed by atoms with van der Waals surface area (Å²) in [5.41, 5.74) is -1.14. The van der Waals surface area contributed by atoms with Gasteiger partial charge in [-0.1, -0.05) is 0 Å². The number of methoxy groups -OCH3 is 1. The number of anilines is 1. The smallest absolute Gasteiger partial charge is 0.238 e. The van der Waals surface area contributed by atoms with Crippen molar-refractivity contribution in [3.8, 4) is 0 Å². The van der Waals surface area contributed by atoms with Crippen molar-refractivity contribution >= 4 is 11.6 Å². The third-order valence-electron chi connectivity index (χ3n) is 2.14. The van der Waals surface area contributed by atoms with Crippen LogP contribution in [0.1, 0.15) is 0 Å². The molecule has 8 heteroatoms. The van der Waals surface area contributed by atoms with Gasteiger partial charge in [0.1, 0.15) is 5.69 Å². The molecule has 1 aromatic carbocycles. The highest BCUT2D eigenvalue weighted by atomic mass is 19.2. The normalized spacial score (nSPS) is 10.6. The van der Waals surface area contributed by atoms with Crippen LogP contribution < -0.4 is 10.6 Å². The van der Waals surface area contributed by atoms with Gasteiger partial charge < -0.3 is 15.4 Å². The third kappa shape index (κ3) is 4.18. The van der Waals surface area contributed by atoms with E-state index in [0.717, 1.165) is 0 Å². The van der Waals surface area contributed by atoms with Gasteiger partial charge in [-0.15, -0.1) is 0 Å². The number of hydrogen-bond donors (Lipinski definition) is 2. The van der Waals surface area contributed by atoms with Crippen molar-refractivity contribution in [2.24, 2.45) is 0 Å². The molecule has 0 spiro atoms. The van der Waals surface area contributed by atoms with E-state index in [4.69, 9.17) is 4.74 Å². The standard InChI is InChI=1S/C11H12F4N2O2/c1-19-3-2-16-5-8(18)17-11-9(14)6(12)4-7(13)10(11)15/h4,16H,2-3,5H2,1H3,(H,17,18). The Hall–Kier alpha value is -1.67. The second-order valence-corrected chi connectivity index (χ2v) is 3.56. The summed E-state index contributed by atoms with van der Waals surface area (Å²) in [6.07, 6.45) is 0. The second kappa shape index (κ2) is 7.05. The monoisotopic (exact) mass is 280 g/mol. The Labute approximate surface area is 106 Å². The molecule has 0 bridgehead atoms. The molecular weight excluding hydrogens is 268 g/mol. The molecule has 0 aliphatic heterocycles. The Morgan fingerprint density at radius 3 is 2.32 bits per heavy atom. The summed E-state index contributed by atoms with van der Waals surface area (Å²) in [5, 5.41) is 4.37.